The molecule has 0 bridgehead atoms. The molecular weight excluding hydrogens is 294 g/mol. The maximum atomic E-state index is 12.3. The van der Waals surface area contributed by atoms with Crippen LogP contribution in [0.5, 0.6) is 0 Å². The van der Waals surface area contributed by atoms with Gasteiger partial charge in [-0.25, -0.2) is 8.42 Å². The zero-order chi connectivity index (χ0) is 14.8. The molecule has 1 heterocycles. The van der Waals surface area contributed by atoms with Crippen molar-refractivity contribution >= 4 is 27.1 Å². The van der Waals surface area contributed by atoms with Gasteiger partial charge in [0, 0.05) is 12.9 Å². The molecule has 0 aromatic carbocycles. The number of aromatic nitrogens is 2. The number of hydrogen-bond donors (Lipinski definition) is 0. The molecule has 108 valence electrons. The molecule has 7 nitrogen and oxygen atoms in total. The molecule has 1 aromatic heterocycles. The first-order valence-corrected chi connectivity index (χ1v) is 7.85. The molecule has 0 aliphatic heterocycles. The lowest BCUT2D eigenvalue weighted by molar-refractivity contribution is -0.388. The van der Waals surface area contributed by atoms with E-state index in [0.717, 1.165) is 4.68 Å². The van der Waals surface area contributed by atoms with E-state index in [1.54, 1.807) is 0 Å². The van der Waals surface area contributed by atoms with Crippen molar-refractivity contribution in [1.82, 2.24) is 9.78 Å². The highest BCUT2D eigenvalue weighted by molar-refractivity contribution is 7.92. The minimum atomic E-state index is -3.87. The van der Waals surface area contributed by atoms with E-state index in [4.69, 9.17) is 11.6 Å². The first-order chi connectivity index (χ1) is 8.77. The van der Waals surface area contributed by atoms with Gasteiger partial charge in [-0.05, 0) is 13.3 Å². The highest BCUT2D eigenvalue weighted by Crippen LogP contribution is 2.31. The number of rotatable bonds is 6. The largest absolute Gasteiger partial charge is 0.329 e. The van der Waals surface area contributed by atoms with Crippen LogP contribution < -0.4 is 0 Å². The number of nitro groups is 1. The molecule has 0 aliphatic rings. The quantitative estimate of drug-likeness (QED) is 0.452. The SMILES string of the molecule is CCCc1nn(C)c(S(=O)(=O)C(C)CCl)c1[N+](=O)[O-]. The van der Waals surface area contributed by atoms with E-state index in [1.807, 2.05) is 6.92 Å². The van der Waals surface area contributed by atoms with Gasteiger partial charge in [-0.1, -0.05) is 13.3 Å². The van der Waals surface area contributed by atoms with E-state index in [2.05, 4.69) is 5.10 Å². The van der Waals surface area contributed by atoms with Crippen LogP contribution in [-0.4, -0.2) is 34.3 Å². The van der Waals surface area contributed by atoms with Crippen LogP contribution in [0.15, 0.2) is 5.03 Å². The van der Waals surface area contributed by atoms with Crippen LogP contribution in [0.3, 0.4) is 0 Å². The van der Waals surface area contributed by atoms with Gasteiger partial charge in [0.05, 0.1) is 10.2 Å². The molecule has 0 saturated heterocycles. The van der Waals surface area contributed by atoms with Crippen molar-refractivity contribution in [2.45, 2.75) is 37.0 Å². The highest BCUT2D eigenvalue weighted by Gasteiger charge is 2.37. The fourth-order valence-electron chi connectivity index (χ4n) is 1.73. The maximum Gasteiger partial charge on any atom is 0.329 e. The fraction of sp³-hybridized carbons (Fsp3) is 0.700. The standard InChI is InChI=1S/C10H16ClN3O4S/c1-4-5-8-9(14(15)16)10(13(3)12-8)19(17,18)7(2)6-11/h7H,4-6H2,1-3H3. The van der Waals surface area contributed by atoms with Crippen molar-refractivity contribution in [2.75, 3.05) is 5.88 Å². The summed E-state index contributed by atoms with van der Waals surface area (Å²) < 4.78 is 25.6. The minimum Gasteiger partial charge on any atom is -0.258 e. The number of aryl methyl sites for hydroxylation is 2. The Balaban J connectivity index is 3.55. The van der Waals surface area contributed by atoms with Crippen LogP contribution in [0.2, 0.25) is 0 Å². The van der Waals surface area contributed by atoms with Gasteiger partial charge in [-0.3, -0.25) is 14.8 Å². The lowest BCUT2D eigenvalue weighted by Gasteiger charge is -2.08. The minimum absolute atomic E-state index is 0.131. The van der Waals surface area contributed by atoms with E-state index >= 15 is 0 Å². The number of sulfone groups is 1. The Bertz CT molecular complexity index is 582. The molecule has 19 heavy (non-hydrogen) atoms. The van der Waals surface area contributed by atoms with Gasteiger partial charge in [-0.15, -0.1) is 11.6 Å². The third-order valence-electron chi connectivity index (χ3n) is 2.73. The topological polar surface area (TPSA) is 95.1 Å². The second-order valence-electron chi connectivity index (χ2n) is 4.24. The van der Waals surface area contributed by atoms with Gasteiger partial charge in [-0.2, -0.15) is 5.10 Å². The fourth-order valence-corrected chi connectivity index (χ4v) is 3.65. The monoisotopic (exact) mass is 309 g/mol. The molecule has 1 aromatic rings. The first-order valence-electron chi connectivity index (χ1n) is 5.77. The molecule has 0 radical (unpaired) electrons. The molecule has 9 heteroatoms. The van der Waals surface area contributed by atoms with Gasteiger partial charge < -0.3 is 0 Å². The van der Waals surface area contributed by atoms with Gasteiger partial charge >= 0.3 is 5.69 Å². The zero-order valence-corrected chi connectivity index (χ0v) is 12.5. The summed E-state index contributed by atoms with van der Waals surface area (Å²) in [5.41, 5.74) is -0.239. The van der Waals surface area contributed by atoms with Crippen molar-refractivity contribution < 1.29 is 13.3 Å². The molecule has 0 saturated carbocycles. The maximum absolute atomic E-state index is 12.3. The molecular formula is C10H16ClN3O4S. The average molecular weight is 310 g/mol. The normalized spacial score (nSPS) is 13.5. The molecule has 0 spiro atoms. The lowest BCUT2D eigenvalue weighted by Crippen LogP contribution is -2.23. The summed E-state index contributed by atoms with van der Waals surface area (Å²) in [4.78, 5) is 10.5. The zero-order valence-electron chi connectivity index (χ0n) is 11.0. The number of hydrogen-bond acceptors (Lipinski definition) is 5. The van der Waals surface area contributed by atoms with E-state index in [-0.39, 0.29) is 16.6 Å². The summed E-state index contributed by atoms with van der Waals surface area (Å²) in [5.74, 6) is -0.131. The summed E-state index contributed by atoms with van der Waals surface area (Å²) >= 11 is 5.56. The second-order valence-corrected chi connectivity index (χ2v) is 6.83. The predicted molar refractivity (Wildman–Crippen MR) is 71.2 cm³/mol. The van der Waals surface area contributed by atoms with Crippen molar-refractivity contribution in [2.24, 2.45) is 7.05 Å². The van der Waals surface area contributed by atoms with Crippen molar-refractivity contribution in [3.05, 3.63) is 15.8 Å². The van der Waals surface area contributed by atoms with Crippen molar-refractivity contribution in [3.8, 4) is 0 Å². The summed E-state index contributed by atoms with van der Waals surface area (Å²) in [6, 6.07) is 0. The van der Waals surface area contributed by atoms with Gasteiger partial charge in [0.1, 0.15) is 5.69 Å². The molecule has 1 unspecified atom stereocenters. The van der Waals surface area contributed by atoms with Crippen LogP contribution in [0.4, 0.5) is 5.69 Å². The Morgan fingerprint density at radius 2 is 2.11 bits per heavy atom. The second kappa shape index (κ2) is 5.87. The smallest absolute Gasteiger partial charge is 0.258 e. The Morgan fingerprint density at radius 1 is 1.53 bits per heavy atom. The Kier molecular flexibility index (Phi) is 4.92. The van der Waals surface area contributed by atoms with Crippen LogP contribution in [0, 0.1) is 10.1 Å². The Morgan fingerprint density at radius 3 is 2.53 bits per heavy atom. The summed E-state index contributed by atoms with van der Waals surface area (Å²) in [6.45, 7) is 3.26. The number of halogens is 1. The molecule has 1 atom stereocenters. The molecule has 0 N–H and O–H groups in total. The molecule has 0 amide bonds. The van der Waals surface area contributed by atoms with E-state index in [9.17, 15) is 18.5 Å². The highest BCUT2D eigenvalue weighted by atomic mass is 35.5. The van der Waals surface area contributed by atoms with Crippen molar-refractivity contribution in [3.63, 3.8) is 0 Å². The predicted octanol–water partition coefficient (Wildman–Crippen LogP) is 1.68. The molecule has 0 fully saturated rings. The van der Waals surface area contributed by atoms with Crippen LogP contribution >= 0.6 is 11.6 Å². The van der Waals surface area contributed by atoms with E-state index in [1.165, 1.54) is 14.0 Å². The molecule has 0 aliphatic carbocycles. The van der Waals surface area contributed by atoms with Gasteiger partial charge in [0.2, 0.25) is 14.9 Å². The number of alkyl halides is 1. The number of nitrogens with zero attached hydrogens (tertiary/aromatic N) is 3. The summed E-state index contributed by atoms with van der Waals surface area (Å²) in [7, 11) is -2.48. The van der Waals surface area contributed by atoms with E-state index < -0.39 is 25.7 Å². The summed E-state index contributed by atoms with van der Waals surface area (Å²) in [5, 5.41) is 13.8. The van der Waals surface area contributed by atoms with E-state index in [0.29, 0.717) is 12.8 Å². The first kappa shape index (κ1) is 15.9. The average Bonchev–Trinajstić information content (AvgIpc) is 2.65. The van der Waals surface area contributed by atoms with Gasteiger partial charge in [0.25, 0.3) is 0 Å². The van der Waals surface area contributed by atoms with Crippen LogP contribution in [0.25, 0.3) is 0 Å². The molecule has 1 rings (SSSR count). The summed E-state index contributed by atoms with van der Waals surface area (Å²) in [6.07, 6.45) is 0.997. The Labute approximate surface area is 116 Å². The van der Waals surface area contributed by atoms with Gasteiger partial charge in [0.15, 0.2) is 0 Å². The van der Waals surface area contributed by atoms with Crippen LogP contribution in [0.1, 0.15) is 26.0 Å². The lowest BCUT2D eigenvalue weighted by atomic mass is 10.2. The van der Waals surface area contributed by atoms with Crippen LogP contribution in [-0.2, 0) is 23.3 Å². The third kappa shape index (κ3) is 2.89. The Hall–Kier alpha value is -1.15. The third-order valence-corrected chi connectivity index (χ3v) is 5.60. The van der Waals surface area contributed by atoms with Crippen molar-refractivity contribution in [1.29, 1.82) is 0 Å².